The predicted octanol–water partition coefficient (Wildman–Crippen LogP) is 2.82. The highest BCUT2D eigenvalue weighted by molar-refractivity contribution is 6.35. The summed E-state index contributed by atoms with van der Waals surface area (Å²) in [6.45, 7) is 3.86. The highest BCUT2D eigenvalue weighted by Gasteiger charge is 2.42. The molecular weight excluding hydrogens is 344 g/mol. The molecule has 1 aromatic carbocycles. The number of nitrogens with one attached hydrogen (secondary N) is 2. The topological polar surface area (TPSA) is 76.7 Å². The predicted molar refractivity (Wildman–Crippen MR) is 103 cm³/mol. The van der Waals surface area contributed by atoms with Gasteiger partial charge in [0.15, 0.2) is 11.5 Å². The van der Waals surface area contributed by atoms with Gasteiger partial charge in [-0.2, -0.15) is 0 Å². The Morgan fingerprint density at radius 1 is 1.00 bits per heavy atom. The summed E-state index contributed by atoms with van der Waals surface area (Å²) in [5, 5.41) is 5.68. The van der Waals surface area contributed by atoms with Crippen LogP contribution in [0.4, 0.5) is 0 Å². The van der Waals surface area contributed by atoms with Gasteiger partial charge in [-0.3, -0.25) is 9.59 Å². The second-order valence-electron chi connectivity index (χ2n) is 7.91. The van der Waals surface area contributed by atoms with Crippen LogP contribution < -0.4 is 20.1 Å². The van der Waals surface area contributed by atoms with Gasteiger partial charge >= 0.3 is 11.8 Å². The lowest BCUT2D eigenvalue weighted by Gasteiger charge is -2.28. The number of fused-ring (bicyclic) bond motifs is 2. The van der Waals surface area contributed by atoms with E-state index in [0.717, 1.165) is 11.5 Å². The van der Waals surface area contributed by atoms with Gasteiger partial charge in [-0.1, -0.05) is 12.5 Å². The van der Waals surface area contributed by atoms with Gasteiger partial charge in [0.2, 0.25) is 0 Å². The average molecular weight is 374 g/mol. The number of rotatable bonds is 6. The van der Waals surface area contributed by atoms with Crippen molar-refractivity contribution in [3.05, 3.63) is 23.8 Å². The van der Waals surface area contributed by atoms with Gasteiger partial charge in [-0.15, -0.1) is 0 Å². The molecule has 5 atom stereocenters. The van der Waals surface area contributed by atoms with Crippen LogP contribution in [0.2, 0.25) is 0 Å². The van der Waals surface area contributed by atoms with Crippen LogP contribution >= 0.6 is 0 Å². The normalized spacial score (nSPS) is 25.6. The molecule has 0 spiro atoms. The Hall–Kier alpha value is -2.24. The number of hydrogen-bond donors (Lipinski definition) is 2. The van der Waals surface area contributed by atoms with E-state index >= 15 is 0 Å². The first-order chi connectivity index (χ1) is 12.9. The van der Waals surface area contributed by atoms with E-state index in [9.17, 15) is 9.59 Å². The molecule has 2 aliphatic carbocycles. The van der Waals surface area contributed by atoms with Crippen molar-refractivity contribution in [3.63, 3.8) is 0 Å². The third-order valence-corrected chi connectivity index (χ3v) is 6.26. The largest absolute Gasteiger partial charge is 0.493 e. The van der Waals surface area contributed by atoms with E-state index in [2.05, 4.69) is 10.6 Å². The third-order valence-electron chi connectivity index (χ3n) is 6.26. The molecule has 0 aliphatic heterocycles. The quantitative estimate of drug-likeness (QED) is 0.751. The fourth-order valence-electron chi connectivity index (χ4n) is 4.75. The van der Waals surface area contributed by atoms with E-state index in [1.807, 2.05) is 19.9 Å². The number of carbonyl (C=O) groups is 2. The molecule has 2 bridgehead atoms. The minimum Gasteiger partial charge on any atom is -0.493 e. The lowest BCUT2D eigenvalue weighted by molar-refractivity contribution is -0.140. The van der Waals surface area contributed by atoms with Crippen molar-refractivity contribution in [3.8, 4) is 11.5 Å². The number of ether oxygens (including phenoxy) is 2. The molecule has 1 aromatic rings. The van der Waals surface area contributed by atoms with E-state index in [4.69, 9.17) is 9.47 Å². The van der Waals surface area contributed by atoms with Crippen molar-refractivity contribution in [1.82, 2.24) is 10.6 Å². The summed E-state index contributed by atoms with van der Waals surface area (Å²) in [7, 11) is 3.14. The minimum absolute atomic E-state index is 0.0370. The zero-order valence-corrected chi connectivity index (χ0v) is 16.6. The Kier molecular flexibility index (Phi) is 5.92. The standard InChI is InChI=1S/C21H30N2O4/c1-12(15-7-8-18(26-3)19(11-15)27-4)22-20(24)21(25)23-13(2)17-10-14-5-6-16(17)9-14/h7-8,11-14,16-17H,5-6,9-10H2,1-4H3,(H,22,24)(H,23,25). The Labute approximate surface area is 161 Å². The number of benzene rings is 1. The van der Waals surface area contributed by atoms with Gasteiger partial charge in [0, 0.05) is 6.04 Å². The second-order valence-corrected chi connectivity index (χ2v) is 7.91. The number of carbonyl (C=O) groups excluding carboxylic acids is 2. The van der Waals surface area contributed by atoms with Crippen LogP contribution in [0.5, 0.6) is 11.5 Å². The molecule has 148 valence electrons. The second kappa shape index (κ2) is 8.19. The van der Waals surface area contributed by atoms with Crippen LogP contribution in [0.15, 0.2) is 18.2 Å². The number of methoxy groups -OCH3 is 2. The highest BCUT2D eigenvalue weighted by atomic mass is 16.5. The number of hydrogen-bond acceptors (Lipinski definition) is 4. The van der Waals surface area contributed by atoms with Crippen molar-refractivity contribution in [2.45, 2.75) is 51.6 Å². The maximum absolute atomic E-state index is 12.3. The fraction of sp³-hybridized carbons (Fsp3) is 0.619. The SMILES string of the molecule is COc1ccc(C(C)NC(=O)C(=O)NC(C)C2CC3CCC2C3)cc1OC. The molecule has 3 rings (SSSR count). The smallest absolute Gasteiger partial charge is 0.309 e. The van der Waals surface area contributed by atoms with E-state index in [0.29, 0.717) is 23.3 Å². The van der Waals surface area contributed by atoms with Crippen LogP contribution in [-0.4, -0.2) is 32.1 Å². The summed E-state index contributed by atoms with van der Waals surface area (Å²) in [6, 6.07) is 5.16. The molecule has 2 fully saturated rings. The first-order valence-electron chi connectivity index (χ1n) is 9.76. The fourth-order valence-corrected chi connectivity index (χ4v) is 4.75. The Morgan fingerprint density at radius 3 is 2.30 bits per heavy atom. The molecule has 0 saturated heterocycles. The maximum atomic E-state index is 12.3. The third kappa shape index (κ3) is 4.20. The molecule has 0 radical (unpaired) electrons. The zero-order valence-electron chi connectivity index (χ0n) is 16.6. The van der Waals surface area contributed by atoms with Gasteiger partial charge in [0.25, 0.3) is 0 Å². The van der Waals surface area contributed by atoms with E-state index in [1.165, 1.54) is 25.7 Å². The van der Waals surface area contributed by atoms with E-state index < -0.39 is 11.8 Å². The van der Waals surface area contributed by atoms with Gasteiger partial charge in [-0.05, 0) is 68.6 Å². The van der Waals surface area contributed by atoms with Gasteiger partial charge < -0.3 is 20.1 Å². The van der Waals surface area contributed by atoms with Crippen molar-refractivity contribution < 1.29 is 19.1 Å². The van der Waals surface area contributed by atoms with Gasteiger partial charge in [0.1, 0.15) is 0 Å². The minimum atomic E-state index is -0.604. The Balaban J connectivity index is 1.55. The molecule has 6 heteroatoms. The van der Waals surface area contributed by atoms with Gasteiger partial charge in [-0.25, -0.2) is 0 Å². The molecule has 6 nitrogen and oxygen atoms in total. The molecule has 2 saturated carbocycles. The lowest BCUT2D eigenvalue weighted by atomic mass is 9.84. The van der Waals surface area contributed by atoms with Crippen LogP contribution in [0.3, 0.4) is 0 Å². The molecule has 2 amide bonds. The maximum Gasteiger partial charge on any atom is 0.309 e. The summed E-state index contributed by atoms with van der Waals surface area (Å²) in [4.78, 5) is 24.7. The highest BCUT2D eigenvalue weighted by Crippen LogP contribution is 2.49. The molecule has 0 heterocycles. The van der Waals surface area contributed by atoms with Gasteiger partial charge in [0.05, 0.1) is 20.3 Å². The molecule has 2 N–H and O–H groups in total. The first kappa shape index (κ1) is 19.5. The summed E-state index contributed by atoms with van der Waals surface area (Å²) in [5.74, 6) is 2.08. The van der Waals surface area contributed by atoms with Crippen molar-refractivity contribution in [2.24, 2.45) is 17.8 Å². The molecular formula is C21H30N2O4. The van der Waals surface area contributed by atoms with Crippen LogP contribution in [0.1, 0.15) is 51.1 Å². The van der Waals surface area contributed by atoms with Crippen molar-refractivity contribution in [1.29, 1.82) is 0 Å². The Bertz CT molecular complexity index is 705. The summed E-state index contributed by atoms with van der Waals surface area (Å²) >= 11 is 0. The Morgan fingerprint density at radius 2 is 1.70 bits per heavy atom. The average Bonchev–Trinajstić information content (AvgIpc) is 3.30. The summed E-state index contributed by atoms with van der Waals surface area (Å²) in [6.07, 6.45) is 5.05. The van der Waals surface area contributed by atoms with Crippen molar-refractivity contribution in [2.75, 3.05) is 14.2 Å². The molecule has 5 unspecified atom stereocenters. The van der Waals surface area contributed by atoms with Crippen LogP contribution in [-0.2, 0) is 9.59 Å². The van der Waals surface area contributed by atoms with E-state index in [1.54, 1.807) is 26.4 Å². The zero-order chi connectivity index (χ0) is 19.6. The summed E-state index contributed by atoms with van der Waals surface area (Å²) < 4.78 is 10.5. The lowest BCUT2D eigenvalue weighted by Crippen LogP contribution is -2.47. The number of amides is 2. The molecule has 0 aromatic heterocycles. The van der Waals surface area contributed by atoms with Crippen molar-refractivity contribution >= 4 is 11.8 Å². The van der Waals surface area contributed by atoms with E-state index in [-0.39, 0.29) is 12.1 Å². The summed E-state index contributed by atoms with van der Waals surface area (Å²) in [5.41, 5.74) is 0.843. The molecule has 27 heavy (non-hydrogen) atoms. The van der Waals surface area contributed by atoms with Crippen LogP contribution in [0.25, 0.3) is 0 Å². The first-order valence-corrected chi connectivity index (χ1v) is 9.76. The monoisotopic (exact) mass is 374 g/mol. The van der Waals surface area contributed by atoms with Crippen LogP contribution in [0, 0.1) is 17.8 Å². The molecule has 2 aliphatic rings.